The smallest absolute Gasteiger partial charge is 0.228 e. The number of alkyl halides is 1. The molecule has 1 saturated heterocycles. The standard InChI is InChI=1S/C15H22BrNO/c16-13-1-2-17(9-13)14(18)15-6-10-3-11(7-15)5-12(4-10)8-15/h10-13H,1-9H2. The van der Waals surface area contributed by atoms with Gasteiger partial charge in [0.2, 0.25) is 5.91 Å². The molecule has 0 aromatic rings. The van der Waals surface area contributed by atoms with Gasteiger partial charge in [-0.2, -0.15) is 0 Å². The first-order valence-corrected chi connectivity index (χ1v) is 8.50. The van der Waals surface area contributed by atoms with Crippen molar-refractivity contribution in [2.75, 3.05) is 13.1 Å². The molecule has 0 N–H and O–H groups in total. The van der Waals surface area contributed by atoms with E-state index >= 15 is 0 Å². The lowest BCUT2D eigenvalue weighted by atomic mass is 9.49. The van der Waals surface area contributed by atoms with Crippen molar-refractivity contribution in [3.8, 4) is 0 Å². The van der Waals surface area contributed by atoms with Crippen LogP contribution < -0.4 is 0 Å². The summed E-state index contributed by atoms with van der Waals surface area (Å²) in [4.78, 5) is 15.6. The van der Waals surface area contributed by atoms with Crippen LogP contribution in [0.15, 0.2) is 0 Å². The molecule has 18 heavy (non-hydrogen) atoms. The van der Waals surface area contributed by atoms with Gasteiger partial charge in [-0.1, -0.05) is 15.9 Å². The van der Waals surface area contributed by atoms with Crippen LogP contribution in [0.5, 0.6) is 0 Å². The van der Waals surface area contributed by atoms with Crippen LogP contribution in [0, 0.1) is 23.2 Å². The highest BCUT2D eigenvalue weighted by Gasteiger charge is 2.55. The molecule has 0 aromatic carbocycles. The average Bonchev–Trinajstić information content (AvgIpc) is 2.73. The van der Waals surface area contributed by atoms with E-state index in [0.29, 0.717) is 10.7 Å². The number of rotatable bonds is 1. The zero-order valence-electron chi connectivity index (χ0n) is 10.9. The fourth-order valence-corrected chi connectivity index (χ4v) is 6.16. The van der Waals surface area contributed by atoms with Crippen LogP contribution in [0.4, 0.5) is 0 Å². The van der Waals surface area contributed by atoms with E-state index < -0.39 is 0 Å². The molecule has 5 fully saturated rings. The quantitative estimate of drug-likeness (QED) is 0.681. The number of carbonyl (C=O) groups excluding carboxylic acids is 1. The Morgan fingerprint density at radius 2 is 1.61 bits per heavy atom. The maximum atomic E-state index is 12.9. The van der Waals surface area contributed by atoms with Crippen LogP contribution in [-0.2, 0) is 4.79 Å². The van der Waals surface area contributed by atoms with E-state index in [-0.39, 0.29) is 5.41 Å². The second kappa shape index (κ2) is 3.97. The van der Waals surface area contributed by atoms with E-state index in [1.165, 1.54) is 38.5 Å². The monoisotopic (exact) mass is 311 g/mol. The summed E-state index contributed by atoms with van der Waals surface area (Å²) < 4.78 is 0. The van der Waals surface area contributed by atoms with Crippen molar-refractivity contribution in [1.82, 2.24) is 4.90 Å². The summed E-state index contributed by atoms with van der Waals surface area (Å²) in [6.45, 7) is 1.93. The van der Waals surface area contributed by atoms with Gasteiger partial charge >= 0.3 is 0 Å². The third kappa shape index (κ3) is 1.69. The Morgan fingerprint density at radius 3 is 2.06 bits per heavy atom. The highest BCUT2D eigenvalue weighted by molar-refractivity contribution is 9.09. The van der Waals surface area contributed by atoms with Crippen LogP contribution in [0.2, 0.25) is 0 Å². The Labute approximate surface area is 118 Å². The number of amides is 1. The Bertz CT molecular complexity index is 345. The summed E-state index contributed by atoms with van der Waals surface area (Å²) in [5.41, 5.74) is 0.0752. The molecule has 1 aliphatic heterocycles. The predicted molar refractivity (Wildman–Crippen MR) is 74.5 cm³/mol. The third-order valence-electron chi connectivity index (χ3n) is 5.91. The molecule has 5 aliphatic rings. The van der Waals surface area contributed by atoms with Crippen molar-refractivity contribution < 1.29 is 4.79 Å². The zero-order chi connectivity index (χ0) is 12.3. The fraction of sp³-hybridized carbons (Fsp3) is 0.933. The lowest BCUT2D eigenvalue weighted by molar-refractivity contribution is -0.156. The lowest BCUT2D eigenvalue weighted by Gasteiger charge is -2.56. The van der Waals surface area contributed by atoms with Gasteiger partial charge in [0, 0.05) is 17.9 Å². The van der Waals surface area contributed by atoms with Crippen LogP contribution in [-0.4, -0.2) is 28.7 Å². The van der Waals surface area contributed by atoms with Gasteiger partial charge in [0.15, 0.2) is 0 Å². The second-order valence-corrected chi connectivity index (χ2v) is 8.63. The number of nitrogens with zero attached hydrogens (tertiary/aromatic N) is 1. The summed E-state index contributed by atoms with van der Waals surface area (Å²) in [6.07, 6.45) is 9.04. The minimum absolute atomic E-state index is 0.0752. The van der Waals surface area contributed by atoms with Crippen molar-refractivity contribution in [2.24, 2.45) is 23.2 Å². The van der Waals surface area contributed by atoms with Crippen LogP contribution >= 0.6 is 15.9 Å². The first-order chi connectivity index (χ1) is 8.64. The Kier molecular flexibility index (Phi) is 2.59. The van der Waals surface area contributed by atoms with Crippen molar-refractivity contribution in [2.45, 2.75) is 49.8 Å². The molecule has 1 atom stereocenters. The largest absolute Gasteiger partial charge is 0.341 e. The van der Waals surface area contributed by atoms with Crippen molar-refractivity contribution >= 4 is 21.8 Å². The zero-order valence-corrected chi connectivity index (χ0v) is 12.5. The average molecular weight is 312 g/mol. The van der Waals surface area contributed by atoms with Gasteiger partial charge in [0.05, 0.1) is 5.41 Å². The molecule has 3 heteroatoms. The van der Waals surface area contributed by atoms with E-state index in [4.69, 9.17) is 0 Å². The molecule has 0 radical (unpaired) electrons. The number of hydrogen-bond acceptors (Lipinski definition) is 1. The summed E-state index contributed by atoms with van der Waals surface area (Å²) in [5.74, 6) is 3.15. The van der Waals surface area contributed by atoms with Gasteiger partial charge < -0.3 is 4.90 Å². The van der Waals surface area contributed by atoms with Gasteiger partial charge in [-0.15, -0.1) is 0 Å². The topological polar surface area (TPSA) is 20.3 Å². The summed E-state index contributed by atoms with van der Waals surface area (Å²) in [5, 5.41) is 0. The summed E-state index contributed by atoms with van der Waals surface area (Å²) in [6, 6.07) is 0. The Morgan fingerprint density at radius 1 is 1.06 bits per heavy atom. The SMILES string of the molecule is O=C(N1CCC(Br)C1)C12CC3CC(CC(C3)C1)C2. The van der Waals surface area contributed by atoms with Gasteiger partial charge in [-0.3, -0.25) is 4.79 Å². The molecule has 5 rings (SSSR count). The third-order valence-corrected chi connectivity index (χ3v) is 6.66. The van der Waals surface area contributed by atoms with Crippen molar-refractivity contribution in [1.29, 1.82) is 0 Å². The Balaban J connectivity index is 1.58. The highest BCUT2D eigenvalue weighted by Crippen LogP contribution is 2.60. The molecule has 1 amide bonds. The first kappa shape index (κ1) is 11.7. The normalized spacial score (nSPS) is 49.9. The molecule has 1 heterocycles. The molecular weight excluding hydrogens is 290 g/mol. The van der Waals surface area contributed by atoms with Gasteiger partial charge in [-0.05, 0) is 62.7 Å². The number of halogens is 1. The van der Waals surface area contributed by atoms with E-state index in [0.717, 1.165) is 37.3 Å². The van der Waals surface area contributed by atoms with E-state index in [1.807, 2.05) is 0 Å². The number of carbonyl (C=O) groups is 1. The number of likely N-dealkylation sites (tertiary alicyclic amines) is 1. The predicted octanol–water partition coefficient (Wildman–Crippen LogP) is 3.20. The minimum Gasteiger partial charge on any atom is -0.341 e. The highest BCUT2D eigenvalue weighted by atomic mass is 79.9. The minimum atomic E-state index is 0.0752. The second-order valence-electron chi connectivity index (χ2n) is 7.34. The summed E-state index contributed by atoms with van der Waals surface area (Å²) >= 11 is 3.66. The van der Waals surface area contributed by atoms with Crippen molar-refractivity contribution in [3.63, 3.8) is 0 Å². The molecule has 0 aromatic heterocycles. The maximum absolute atomic E-state index is 12.9. The molecule has 4 bridgehead atoms. The van der Waals surface area contributed by atoms with E-state index in [9.17, 15) is 4.79 Å². The molecule has 100 valence electrons. The molecule has 1 unspecified atom stereocenters. The molecule has 4 aliphatic carbocycles. The van der Waals surface area contributed by atoms with E-state index in [2.05, 4.69) is 20.8 Å². The van der Waals surface area contributed by atoms with Gasteiger partial charge in [-0.25, -0.2) is 0 Å². The molecular formula is C15H22BrNO. The van der Waals surface area contributed by atoms with Crippen LogP contribution in [0.1, 0.15) is 44.9 Å². The van der Waals surface area contributed by atoms with Crippen LogP contribution in [0.3, 0.4) is 0 Å². The molecule has 4 saturated carbocycles. The lowest BCUT2D eigenvalue weighted by Crippen LogP contribution is -2.54. The van der Waals surface area contributed by atoms with E-state index in [1.54, 1.807) is 0 Å². The number of hydrogen-bond donors (Lipinski definition) is 0. The molecule has 0 spiro atoms. The molecule has 2 nitrogen and oxygen atoms in total. The first-order valence-electron chi connectivity index (χ1n) is 7.58. The van der Waals surface area contributed by atoms with Gasteiger partial charge in [0.1, 0.15) is 0 Å². The van der Waals surface area contributed by atoms with Crippen molar-refractivity contribution in [3.05, 3.63) is 0 Å². The fourth-order valence-electron chi connectivity index (χ4n) is 5.61. The summed E-state index contributed by atoms with van der Waals surface area (Å²) in [7, 11) is 0. The van der Waals surface area contributed by atoms with Gasteiger partial charge in [0.25, 0.3) is 0 Å². The van der Waals surface area contributed by atoms with Crippen LogP contribution in [0.25, 0.3) is 0 Å². The maximum Gasteiger partial charge on any atom is 0.228 e. The Hall–Kier alpha value is -0.0500.